The maximum Gasteiger partial charge on any atom is 0.416 e. The quantitative estimate of drug-likeness (QED) is 0.697. The van der Waals surface area contributed by atoms with Crippen LogP contribution in [0.25, 0.3) is 0 Å². The summed E-state index contributed by atoms with van der Waals surface area (Å²) in [4.78, 5) is 14.7. The number of likely N-dealkylation sites (tertiary alicyclic amines) is 1. The Morgan fingerprint density at radius 1 is 1.11 bits per heavy atom. The number of hydrogen-bond acceptors (Lipinski definition) is 2. The molecule has 2 aromatic carbocycles. The van der Waals surface area contributed by atoms with Crippen LogP contribution >= 0.6 is 15.9 Å². The van der Waals surface area contributed by atoms with Crippen molar-refractivity contribution in [3.63, 3.8) is 0 Å². The minimum atomic E-state index is -4.42. The second-order valence-electron chi connectivity index (χ2n) is 6.74. The van der Waals surface area contributed by atoms with Crippen molar-refractivity contribution < 1.29 is 18.0 Å². The van der Waals surface area contributed by atoms with Crippen molar-refractivity contribution in [3.8, 4) is 0 Å². The number of piperidine rings is 1. The molecule has 0 saturated carbocycles. The van der Waals surface area contributed by atoms with Crippen molar-refractivity contribution in [1.82, 2.24) is 4.90 Å². The van der Waals surface area contributed by atoms with E-state index < -0.39 is 11.7 Å². The summed E-state index contributed by atoms with van der Waals surface area (Å²) in [5.41, 5.74) is 0.641. The average molecular weight is 441 g/mol. The van der Waals surface area contributed by atoms with Gasteiger partial charge in [0.25, 0.3) is 0 Å². The van der Waals surface area contributed by atoms with E-state index in [0.717, 1.165) is 36.2 Å². The number of nitrogens with one attached hydrogen (secondary N) is 1. The Bertz CT molecular complexity index is 785. The highest BCUT2D eigenvalue weighted by Gasteiger charge is 2.31. The molecular weight excluding hydrogens is 421 g/mol. The standard InChI is InChI=1S/C20H20BrF3N2O/c21-17-6-4-14(5-7-17)13-26-10-8-15(9-11-26)19(27)25-18-3-1-2-16(12-18)20(22,23)24/h1-7,12,15H,8-11,13H2,(H,25,27). The van der Waals surface area contributed by atoms with Gasteiger partial charge in [-0.25, -0.2) is 0 Å². The Labute approximate surface area is 164 Å². The third kappa shape index (κ3) is 5.56. The van der Waals surface area contributed by atoms with E-state index in [2.05, 4.69) is 38.3 Å². The molecule has 144 valence electrons. The van der Waals surface area contributed by atoms with E-state index in [4.69, 9.17) is 0 Å². The van der Waals surface area contributed by atoms with Crippen LogP contribution in [0.5, 0.6) is 0 Å². The molecule has 3 rings (SSSR count). The van der Waals surface area contributed by atoms with Crippen molar-refractivity contribution in [3.05, 3.63) is 64.1 Å². The predicted octanol–water partition coefficient (Wildman–Crippen LogP) is 5.32. The molecule has 1 heterocycles. The highest BCUT2D eigenvalue weighted by molar-refractivity contribution is 9.10. The number of carbonyl (C=O) groups excluding carboxylic acids is 1. The van der Waals surface area contributed by atoms with Crippen LogP contribution in [0, 0.1) is 5.92 Å². The molecule has 1 N–H and O–H groups in total. The van der Waals surface area contributed by atoms with Crippen molar-refractivity contribution in [2.45, 2.75) is 25.6 Å². The zero-order valence-corrected chi connectivity index (χ0v) is 16.2. The van der Waals surface area contributed by atoms with Gasteiger partial charge in [-0.05, 0) is 61.8 Å². The number of nitrogens with zero attached hydrogens (tertiary/aromatic N) is 1. The summed E-state index contributed by atoms with van der Waals surface area (Å²) in [5.74, 6) is -0.390. The molecule has 27 heavy (non-hydrogen) atoms. The van der Waals surface area contributed by atoms with Gasteiger partial charge in [0.1, 0.15) is 0 Å². The first kappa shape index (κ1) is 19.9. The zero-order chi connectivity index (χ0) is 19.4. The normalized spacial score (nSPS) is 16.3. The van der Waals surface area contributed by atoms with Crippen LogP contribution in [0.3, 0.4) is 0 Å². The fraction of sp³-hybridized carbons (Fsp3) is 0.350. The van der Waals surface area contributed by atoms with Crippen molar-refractivity contribution in [2.75, 3.05) is 18.4 Å². The number of benzene rings is 2. The van der Waals surface area contributed by atoms with Gasteiger partial charge in [0, 0.05) is 22.6 Å². The molecule has 7 heteroatoms. The Morgan fingerprint density at radius 2 is 1.78 bits per heavy atom. The van der Waals surface area contributed by atoms with Crippen molar-refractivity contribution in [2.24, 2.45) is 5.92 Å². The molecule has 1 aliphatic heterocycles. The molecular formula is C20H20BrF3N2O. The van der Waals surface area contributed by atoms with Crippen molar-refractivity contribution >= 4 is 27.5 Å². The maximum atomic E-state index is 12.8. The third-order valence-electron chi connectivity index (χ3n) is 4.74. The van der Waals surface area contributed by atoms with Gasteiger partial charge >= 0.3 is 6.18 Å². The fourth-order valence-corrected chi connectivity index (χ4v) is 3.48. The highest BCUT2D eigenvalue weighted by atomic mass is 79.9. The number of anilines is 1. The number of carbonyl (C=O) groups is 1. The molecule has 3 nitrogen and oxygen atoms in total. The second-order valence-corrected chi connectivity index (χ2v) is 7.66. The van der Waals surface area contributed by atoms with E-state index in [1.807, 2.05) is 12.1 Å². The summed E-state index contributed by atoms with van der Waals surface area (Å²) in [6, 6.07) is 12.9. The topological polar surface area (TPSA) is 32.3 Å². The first-order valence-corrected chi connectivity index (χ1v) is 9.55. The second kappa shape index (κ2) is 8.44. The first-order chi connectivity index (χ1) is 12.8. The number of hydrogen-bond donors (Lipinski definition) is 1. The lowest BCUT2D eigenvalue weighted by Crippen LogP contribution is -2.37. The SMILES string of the molecule is O=C(Nc1cccc(C(F)(F)F)c1)C1CCN(Cc2ccc(Br)cc2)CC1. The predicted molar refractivity (Wildman–Crippen MR) is 102 cm³/mol. The lowest BCUT2D eigenvalue weighted by atomic mass is 9.95. The number of halogens is 4. The molecule has 1 aliphatic rings. The van der Waals surface area contributed by atoms with Crippen LogP contribution in [-0.4, -0.2) is 23.9 Å². The van der Waals surface area contributed by atoms with Gasteiger partial charge in [-0.15, -0.1) is 0 Å². The van der Waals surface area contributed by atoms with Gasteiger partial charge < -0.3 is 5.32 Å². The number of alkyl halides is 3. The molecule has 0 bridgehead atoms. The lowest BCUT2D eigenvalue weighted by Gasteiger charge is -2.31. The Balaban J connectivity index is 1.52. The van der Waals surface area contributed by atoms with E-state index in [0.29, 0.717) is 12.8 Å². The third-order valence-corrected chi connectivity index (χ3v) is 5.26. The molecule has 2 aromatic rings. The largest absolute Gasteiger partial charge is 0.416 e. The molecule has 1 saturated heterocycles. The highest BCUT2D eigenvalue weighted by Crippen LogP contribution is 2.31. The van der Waals surface area contributed by atoms with Crippen LogP contribution in [0.2, 0.25) is 0 Å². The lowest BCUT2D eigenvalue weighted by molar-refractivity contribution is -0.137. The Hall–Kier alpha value is -1.86. The van der Waals surface area contributed by atoms with Gasteiger partial charge in [-0.1, -0.05) is 34.1 Å². The van der Waals surface area contributed by atoms with E-state index in [9.17, 15) is 18.0 Å². The van der Waals surface area contributed by atoms with Crippen LogP contribution < -0.4 is 5.32 Å². The Kier molecular flexibility index (Phi) is 6.22. The molecule has 0 aromatic heterocycles. The zero-order valence-electron chi connectivity index (χ0n) is 14.6. The summed E-state index contributed by atoms with van der Waals surface area (Å²) >= 11 is 3.42. The van der Waals surface area contributed by atoms with Gasteiger partial charge in [-0.2, -0.15) is 13.2 Å². The Morgan fingerprint density at radius 3 is 2.41 bits per heavy atom. The molecule has 0 radical (unpaired) electrons. The van der Waals surface area contributed by atoms with Crippen LogP contribution in [-0.2, 0) is 17.5 Å². The van der Waals surface area contributed by atoms with E-state index >= 15 is 0 Å². The summed E-state index contributed by atoms with van der Waals surface area (Å²) in [6.45, 7) is 2.41. The molecule has 0 atom stereocenters. The van der Waals surface area contributed by atoms with Gasteiger partial charge in [0.05, 0.1) is 5.56 Å². The summed E-state index contributed by atoms with van der Waals surface area (Å²) < 4.78 is 39.4. The summed E-state index contributed by atoms with van der Waals surface area (Å²) in [6.07, 6.45) is -3.03. The summed E-state index contributed by atoms with van der Waals surface area (Å²) in [5, 5.41) is 2.63. The van der Waals surface area contributed by atoms with Crippen molar-refractivity contribution in [1.29, 1.82) is 0 Å². The molecule has 1 amide bonds. The van der Waals surface area contributed by atoms with E-state index in [1.54, 1.807) is 0 Å². The van der Waals surface area contributed by atoms with Crippen LogP contribution in [0.4, 0.5) is 18.9 Å². The molecule has 0 spiro atoms. The molecule has 0 aliphatic carbocycles. The minimum absolute atomic E-state index is 0.180. The van der Waals surface area contributed by atoms with Gasteiger partial charge in [0.2, 0.25) is 5.91 Å². The minimum Gasteiger partial charge on any atom is -0.326 e. The molecule has 0 unspecified atom stereocenters. The first-order valence-electron chi connectivity index (χ1n) is 8.76. The summed E-state index contributed by atoms with van der Waals surface area (Å²) in [7, 11) is 0. The molecule has 1 fully saturated rings. The van der Waals surface area contributed by atoms with Crippen LogP contribution in [0.15, 0.2) is 53.0 Å². The van der Waals surface area contributed by atoms with Gasteiger partial charge in [-0.3, -0.25) is 9.69 Å². The average Bonchev–Trinajstić information content (AvgIpc) is 2.64. The van der Waals surface area contributed by atoms with Crippen LogP contribution in [0.1, 0.15) is 24.0 Å². The smallest absolute Gasteiger partial charge is 0.326 e. The maximum absolute atomic E-state index is 12.8. The number of amides is 1. The van der Waals surface area contributed by atoms with E-state index in [-0.39, 0.29) is 17.5 Å². The van der Waals surface area contributed by atoms with E-state index in [1.165, 1.54) is 17.7 Å². The van der Waals surface area contributed by atoms with Gasteiger partial charge in [0.15, 0.2) is 0 Å². The monoisotopic (exact) mass is 440 g/mol. The fourth-order valence-electron chi connectivity index (χ4n) is 3.22. The number of rotatable bonds is 4.